The number of benzene rings is 3. The highest BCUT2D eigenvalue weighted by Gasteiger charge is 2.27. The van der Waals surface area contributed by atoms with Gasteiger partial charge in [-0.05, 0) is 107 Å². The molecule has 60 heavy (non-hydrogen) atoms. The second-order valence-corrected chi connectivity index (χ2v) is 16.2. The first-order chi connectivity index (χ1) is 29.0. The molecule has 0 saturated heterocycles. The Labute approximate surface area is 352 Å². The second kappa shape index (κ2) is 18.8. The van der Waals surface area contributed by atoms with Crippen LogP contribution in [-0.4, -0.2) is 107 Å². The van der Waals surface area contributed by atoms with Gasteiger partial charge in [0.05, 0.1) is 27.9 Å². The van der Waals surface area contributed by atoms with Gasteiger partial charge < -0.3 is 25.6 Å². The van der Waals surface area contributed by atoms with E-state index in [1.165, 1.54) is 11.3 Å². The molecule has 0 radical (unpaired) electrons. The van der Waals surface area contributed by atoms with Gasteiger partial charge in [-0.1, -0.05) is 41.7 Å². The molecule has 1 aliphatic rings. The van der Waals surface area contributed by atoms with E-state index in [0.717, 1.165) is 34.3 Å². The number of rotatable bonds is 17. The van der Waals surface area contributed by atoms with Crippen molar-refractivity contribution in [2.24, 2.45) is 5.73 Å². The summed E-state index contributed by atoms with van der Waals surface area (Å²) in [7, 11) is 7.61. The van der Waals surface area contributed by atoms with E-state index < -0.39 is 12.2 Å². The summed E-state index contributed by atoms with van der Waals surface area (Å²) in [6.07, 6.45) is 4.77. The van der Waals surface area contributed by atoms with Crippen LogP contribution in [0.15, 0.2) is 85.2 Å². The average molecular weight is 832 g/mol. The van der Waals surface area contributed by atoms with Gasteiger partial charge >= 0.3 is 5.97 Å². The number of para-hydroxylation sites is 1. The van der Waals surface area contributed by atoms with E-state index in [2.05, 4.69) is 30.5 Å². The van der Waals surface area contributed by atoms with Crippen LogP contribution in [0.3, 0.4) is 0 Å². The number of carbonyl (C=O) groups excluding carboxylic acids is 2. The molecule has 0 bridgehead atoms. The number of carbonyl (C=O) groups is 2. The molecule has 0 saturated carbocycles. The number of nitrogens with one attached hydrogen (secondary N) is 2. The van der Waals surface area contributed by atoms with E-state index in [0.29, 0.717) is 77.9 Å². The van der Waals surface area contributed by atoms with Gasteiger partial charge in [-0.3, -0.25) is 29.8 Å². The number of esters is 1. The quantitative estimate of drug-likeness (QED) is 0.0316. The number of nitro groups is 1. The Kier molecular flexibility index (Phi) is 13.1. The number of nitrogens with zero attached hydrogens (tertiary/aromatic N) is 8. The number of fused-ring (bicyclic) bond motifs is 2. The Bertz CT molecular complexity index is 2470. The summed E-state index contributed by atoms with van der Waals surface area (Å²) in [6.45, 7) is 3.05. The molecule has 16 nitrogen and oxygen atoms in total. The van der Waals surface area contributed by atoms with E-state index in [4.69, 9.17) is 15.5 Å². The van der Waals surface area contributed by atoms with Crippen LogP contribution in [-0.2, 0) is 24.2 Å². The van der Waals surface area contributed by atoms with Crippen molar-refractivity contribution in [3.8, 4) is 11.1 Å². The predicted octanol–water partition coefficient (Wildman–Crippen LogP) is 6.08. The topological polar surface area (TPSA) is 190 Å². The molecule has 7 rings (SSSR count). The van der Waals surface area contributed by atoms with Gasteiger partial charge in [0.15, 0.2) is 17.1 Å². The average Bonchev–Trinajstić information content (AvgIpc) is 3.88. The largest absolute Gasteiger partial charge is 0.442 e. The number of hydrogen-bond acceptors (Lipinski definition) is 14. The molecule has 1 unspecified atom stereocenters. The summed E-state index contributed by atoms with van der Waals surface area (Å²) in [5.41, 5.74) is 11.6. The normalized spacial score (nSPS) is 13.1. The Hall–Kier alpha value is -6.27. The predicted molar refractivity (Wildman–Crippen MR) is 235 cm³/mol. The maximum Gasteiger partial charge on any atom is 0.359 e. The highest BCUT2D eigenvalue weighted by molar-refractivity contribution is 7.22. The molecule has 4 heterocycles. The molecule has 3 aromatic heterocycles. The summed E-state index contributed by atoms with van der Waals surface area (Å²) >= 11 is 1.42. The van der Waals surface area contributed by atoms with Crippen LogP contribution in [0.5, 0.6) is 0 Å². The van der Waals surface area contributed by atoms with Gasteiger partial charge in [0.2, 0.25) is 0 Å². The first-order valence-electron chi connectivity index (χ1n) is 19.8. The third kappa shape index (κ3) is 9.77. The van der Waals surface area contributed by atoms with Crippen molar-refractivity contribution in [3.05, 3.63) is 123 Å². The fraction of sp³-hybridized carbons (Fsp3) is 0.326. The molecule has 0 fully saturated rings. The molecule has 0 aliphatic carbocycles. The van der Waals surface area contributed by atoms with Crippen molar-refractivity contribution >= 4 is 55.8 Å². The van der Waals surface area contributed by atoms with Crippen molar-refractivity contribution in [1.82, 2.24) is 29.5 Å². The maximum absolute atomic E-state index is 14.1. The Morgan fingerprint density at radius 1 is 1.05 bits per heavy atom. The summed E-state index contributed by atoms with van der Waals surface area (Å²) < 4.78 is 8.65. The lowest BCUT2D eigenvalue weighted by Crippen LogP contribution is -2.35. The lowest BCUT2D eigenvalue weighted by molar-refractivity contribution is -0.384. The van der Waals surface area contributed by atoms with Crippen LogP contribution < -0.4 is 21.3 Å². The van der Waals surface area contributed by atoms with Gasteiger partial charge in [0.1, 0.15) is 11.5 Å². The van der Waals surface area contributed by atoms with Crippen molar-refractivity contribution in [2.75, 3.05) is 69.9 Å². The SMILES string of the molecule is CN(C)CCCNc1ccc(Cn2cc(-c3ccc(N4CCc5cccc(C(=O)Nc6nc7ccccc7s6)c5C4)nc3C(=O)OC(CCN)N(C)C)cn2)cc1[N+](=O)[O-]. The van der Waals surface area contributed by atoms with E-state index in [9.17, 15) is 19.7 Å². The van der Waals surface area contributed by atoms with Gasteiger partial charge in [-0.2, -0.15) is 5.10 Å². The van der Waals surface area contributed by atoms with E-state index >= 15 is 0 Å². The fourth-order valence-corrected chi connectivity index (χ4v) is 8.07. The summed E-state index contributed by atoms with van der Waals surface area (Å²) in [4.78, 5) is 54.8. The van der Waals surface area contributed by atoms with Crippen molar-refractivity contribution in [2.45, 2.75) is 38.6 Å². The minimum atomic E-state index is -0.621. The number of anilines is 3. The molecule has 3 aromatic carbocycles. The number of hydrogen-bond donors (Lipinski definition) is 3. The lowest BCUT2D eigenvalue weighted by atomic mass is 9.94. The van der Waals surface area contributed by atoms with Crippen LogP contribution >= 0.6 is 11.3 Å². The van der Waals surface area contributed by atoms with E-state index in [1.54, 1.807) is 34.1 Å². The summed E-state index contributed by atoms with van der Waals surface area (Å²) in [5.74, 6) is -0.317. The molecule has 1 aliphatic heterocycles. The van der Waals surface area contributed by atoms with Gasteiger partial charge in [-0.15, -0.1) is 0 Å². The number of aromatic nitrogens is 4. The van der Waals surface area contributed by atoms with Crippen LogP contribution in [0.1, 0.15) is 50.4 Å². The Morgan fingerprint density at radius 3 is 2.65 bits per heavy atom. The number of ether oxygens (including phenoxy) is 1. The highest BCUT2D eigenvalue weighted by Crippen LogP contribution is 2.32. The molecular weight excluding hydrogens is 783 g/mol. The lowest BCUT2D eigenvalue weighted by Gasteiger charge is -2.31. The zero-order valence-corrected chi connectivity index (χ0v) is 34.9. The molecule has 0 spiro atoms. The third-order valence-electron chi connectivity index (χ3n) is 10.3. The van der Waals surface area contributed by atoms with Crippen molar-refractivity contribution in [3.63, 3.8) is 0 Å². The molecule has 17 heteroatoms. The standard InChI is InChI=1S/C43H49N11O5S/c1-50(2)21-8-20-45-34-15-13-28(23-36(34)54(57)58)25-53-26-30(24-46-53)31-14-16-38(48-40(31)42(56)59-39(17-19-44)51(3)4)52-22-18-29-9-7-10-32(33(29)27-52)41(55)49-43-47-35-11-5-6-12-37(35)60-43/h5-7,9-16,23-24,26,39,45H,8,17-22,25,27,44H2,1-4H3,(H,47,49,55). The second-order valence-electron chi connectivity index (χ2n) is 15.1. The van der Waals surface area contributed by atoms with Crippen molar-refractivity contribution < 1.29 is 19.2 Å². The van der Waals surface area contributed by atoms with Crippen LogP contribution in [0.2, 0.25) is 0 Å². The van der Waals surface area contributed by atoms with E-state index in [1.807, 2.05) is 88.9 Å². The Balaban J connectivity index is 1.14. The van der Waals surface area contributed by atoms with Crippen LogP contribution in [0.25, 0.3) is 21.3 Å². The molecule has 4 N–H and O–H groups in total. The maximum atomic E-state index is 14.1. The number of nitro benzene ring substituents is 1. The summed E-state index contributed by atoms with van der Waals surface area (Å²) in [6, 6.07) is 22.3. The number of nitrogens with two attached hydrogens (primary N) is 1. The first kappa shape index (κ1) is 41.9. The number of thiazole rings is 1. The molecule has 6 aromatic rings. The Morgan fingerprint density at radius 2 is 1.88 bits per heavy atom. The molecule has 1 atom stereocenters. The van der Waals surface area contributed by atoms with E-state index in [-0.39, 0.29) is 28.8 Å². The zero-order chi connectivity index (χ0) is 42.3. The molecule has 312 valence electrons. The summed E-state index contributed by atoms with van der Waals surface area (Å²) in [5, 5.41) is 23.3. The minimum Gasteiger partial charge on any atom is -0.442 e. The van der Waals surface area contributed by atoms with Crippen LogP contribution in [0.4, 0.5) is 22.3 Å². The number of amides is 1. The zero-order valence-electron chi connectivity index (χ0n) is 34.1. The van der Waals surface area contributed by atoms with Gasteiger partial charge in [0.25, 0.3) is 11.6 Å². The molecule has 1 amide bonds. The first-order valence-corrected chi connectivity index (χ1v) is 20.6. The van der Waals surface area contributed by atoms with Gasteiger partial charge in [0, 0.05) is 55.0 Å². The van der Waals surface area contributed by atoms with Gasteiger partial charge in [-0.25, -0.2) is 14.8 Å². The molecular formula is C43H49N11O5S. The third-order valence-corrected chi connectivity index (χ3v) is 11.3. The monoisotopic (exact) mass is 831 g/mol. The number of pyridine rings is 1. The van der Waals surface area contributed by atoms with Crippen molar-refractivity contribution in [1.29, 1.82) is 0 Å². The smallest absolute Gasteiger partial charge is 0.359 e. The highest BCUT2D eigenvalue weighted by atomic mass is 32.1. The minimum absolute atomic E-state index is 0.0104. The van der Waals surface area contributed by atoms with Crippen LogP contribution in [0, 0.1) is 10.1 Å². The fourth-order valence-electron chi connectivity index (χ4n) is 7.21.